The maximum Gasteiger partial charge on any atom is 0.407 e. The zero-order chi connectivity index (χ0) is 87.2. The van der Waals surface area contributed by atoms with E-state index < -0.39 is 225 Å². The highest BCUT2D eigenvalue weighted by Crippen LogP contribution is 2.71. The molecule has 4 aliphatic heterocycles. The number of benzene rings is 2. The Balaban J connectivity index is 0.000000248. The normalized spacial score (nSPS) is 36.5. The van der Waals surface area contributed by atoms with Crippen molar-refractivity contribution in [2.75, 3.05) is 13.2 Å². The van der Waals surface area contributed by atoms with E-state index in [0.29, 0.717) is 35.1 Å². The molecule has 2 aromatic rings. The van der Waals surface area contributed by atoms with Crippen LogP contribution in [0.1, 0.15) is 219 Å². The average molecular weight is 1670 g/mol. The minimum atomic E-state index is -2.02. The highest BCUT2D eigenvalue weighted by atomic mass is 16.7. The topological polar surface area (TPSA) is 371 Å². The van der Waals surface area contributed by atoms with E-state index in [9.17, 15) is 58.8 Å². The first-order valence-corrected chi connectivity index (χ1v) is 41.5. The molecule has 26 atom stereocenters. The summed E-state index contributed by atoms with van der Waals surface area (Å²) in [6.45, 7) is 47.3. The van der Waals surface area contributed by atoms with Gasteiger partial charge in [-0.05, 0) is 128 Å². The molecule has 0 spiro atoms. The molecule has 28 nitrogen and oxygen atoms in total. The monoisotopic (exact) mass is 1670 g/mol. The molecule has 4 saturated heterocycles. The molecule has 4 saturated carbocycles. The van der Waals surface area contributed by atoms with Crippen molar-refractivity contribution in [3.05, 3.63) is 119 Å². The van der Waals surface area contributed by atoms with Crippen LogP contribution in [0, 0.1) is 57.2 Å². The van der Waals surface area contributed by atoms with E-state index in [-0.39, 0.29) is 69.3 Å². The molecule has 2 aromatic carbocycles. The molecule has 4 heterocycles. The zero-order valence-corrected chi connectivity index (χ0v) is 72.5. The largest absolute Gasteiger partial charge is 0.456 e. The number of ether oxygens (including phenoxy) is 14. The van der Waals surface area contributed by atoms with Gasteiger partial charge >= 0.3 is 48.0 Å². The lowest BCUT2D eigenvalue weighted by molar-refractivity contribution is -0.403. The molecule has 6 aliphatic carbocycles. The summed E-state index contributed by atoms with van der Waals surface area (Å²) in [5.41, 5.74) is -9.92. The Morgan fingerprint density at radius 3 is 1.13 bits per heavy atom. The van der Waals surface area contributed by atoms with Crippen LogP contribution in [0.25, 0.3) is 0 Å². The van der Waals surface area contributed by atoms with Gasteiger partial charge in [0.1, 0.15) is 59.0 Å². The van der Waals surface area contributed by atoms with Gasteiger partial charge < -0.3 is 97.4 Å². The van der Waals surface area contributed by atoms with E-state index in [2.05, 4.69) is 23.8 Å². The Morgan fingerprint density at radius 1 is 0.529 bits per heavy atom. The van der Waals surface area contributed by atoms with Gasteiger partial charge in [0.25, 0.3) is 0 Å². The second kappa shape index (κ2) is 34.2. The summed E-state index contributed by atoms with van der Waals surface area (Å²) in [4.78, 5) is 109. The van der Waals surface area contributed by atoms with Gasteiger partial charge in [0.2, 0.25) is 0 Å². The van der Waals surface area contributed by atoms with Crippen LogP contribution in [-0.4, -0.2) is 213 Å². The van der Waals surface area contributed by atoms with Crippen LogP contribution in [0.15, 0.2) is 108 Å². The molecule has 28 heteroatoms. The van der Waals surface area contributed by atoms with Crippen molar-refractivity contribution in [2.45, 2.75) is 330 Å². The third-order valence-corrected chi connectivity index (χ3v) is 27.0. The van der Waals surface area contributed by atoms with Crippen LogP contribution >= 0.6 is 0 Å². The molecule has 119 heavy (non-hydrogen) atoms. The second-order valence-electron chi connectivity index (χ2n) is 38.6. The van der Waals surface area contributed by atoms with E-state index in [4.69, 9.17) is 66.3 Å². The predicted molar refractivity (Wildman–Crippen MR) is 434 cm³/mol. The van der Waals surface area contributed by atoms with Gasteiger partial charge in [-0.3, -0.25) is 9.59 Å². The van der Waals surface area contributed by atoms with Crippen molar-refractivity contribution >= 4 is 48.0 Å². The predicted octanol–water partition coefficient (Wildman–Crippen LogP) is 11.8. The van der Waals surface area contributed by atoms with E-state index in [1.165, 1.54) is 13.8 Å². The molecular formula is C91H130N2O26. The Morgan fingerprint density at radius 2 is 0.857 bits per heavy atom. The van der Waals surface area contributed by atoms with Crippen LogP contribution in [0.5, 0.6) is 0 Å². The zero-order valence-electron chi connectivity index (χ0n) is 72.5. The van der Waals surface area contributed by atoms with E-state index >= 15 is 0 Å². The molecule has 0 aromatic heterocycles. The molecule has 2 amide bonds. The third-order valence-electron chi connectivity index (χ3n) is 27.0. The highest BCUT2D eigenvalue weighted by molar-refractivity contribution is 5.90. The Hall–Kier alpha value is -7.64. The number of fused-ring (bicyclic) bond motifs is 8. The Kier molecular flexibility index (Phi) is 26.9. The number of alkyl carbamates (subject to hydrolysis) is 2. The van der Waals surface area contributed by atoms with Gasteiger partial charge in [-0.1, -0.05) is 151 Å². The molecule has 10 aliphatic rings. The van der Waals surface area contributed by atoms with Gasteiger partial charge in [-0.25, -0.2) is 28.8 Å². The number of carbonyl (C=O) groups is 8. The van der Waals surface area contributed by atoms with Crippen LogP contribution in [0.4, 0.5) is 9.59 Å². The maximum atomic E-state index is 14.4. The van der Waals surface area contributed by atoms with E-state index in [1.54, 1.807) is 114 Å². The van der Waals surface area contributed by atoms with Crippen molar-refractivity contribution in [1.29, 1.82) is 0 Å². The third kappa shape index (κ3) is 17.0. The number of amides is 2. The molecule has 6 N–H and O–H groups in total. The Bertz CT molecular complexity index is 3940. The highest BCUT2D eigenvalue weighted by Gasteiger charge is 2.81. The van der Waals surface area contributed by atoms with Crippen molar-refractivity contribution in [3.63, 3.8) is 0 Å². The van der Waals surface area contributed by atoms with Crippen molar-refractivity contribution in [1.82, 2.24) is 10.6 Å². The molecule has 4 bridgehead atoms. The quantitative estimate of drug-likeness (QED) is 0.0407. The lowest BCUT2D eigenvalue weighted by Gasteiger charge is -2.71. The fourth-order valence-electron chi connectivity index (χ4n) is 22.0. The molecule has 12 rings (SSSR count). The lowest BCUT2D eigenvalue weighted by atomic mass is 9.43. The first-order valence-electron chi connectivity index (χ1n) is 41.5. The second-order valence-corrected chi connectivity index (χ2v) is 38.6. The fourth-order valence-corrected chi connectivity index (χ4v) is 22.0. The van der Waals surface area contributed by atoms with Gasteiger partial charge in [0, 0.05) is 73.0 Å². The summed E-state index contributed by atoms with van der Waals surface area (Å²) in [7, 11) is 0. The van der Waals surface area contributed by atoms with Crippen molar-refractivity contribution < 1.29 is 125 Å². The van der Waals surface area contributed by atoms with Gasteiger partial charge in [-0.2, -0.15) is 0 Å². The standard InChI is InChI=1S/2C45H63NO13.CH4/c2*1-13-32-55-30-20-31-44(22-53-31,58-26(6)47)35-37(57-38(49)27-17-15-14-16-18-27)45(52)21-29(24(4)33(42(45,10)11)25(5)36(56-32)43(30,35)12)54-39(50)34(48)28(19-23(2)3)46-40(51)59-41(7,8)9;/h2*13-18,23,25,28-32,34-37,48,52H,1,19-22H2,2-12H3,(H,46,51);1H4/t25-,28-,29-,30-,31+,32+,34-,35-,36-,37-,43+,44-,45+;25-,28-,29-,30-,31+,32-,34-,35-,36-,37-,43+,44-,45+;/m00./s1. The molecular weight excluding hydrogens is 1540 g/mol. The number of nitrogens with one attached hydrogen (secondary N) is 2. The van der Waals surface area contributed by atoms with Crippen LogP contribution in [0.3, 0.4) is 0 Å². The van der Waals surface area contributed by atoms with Crippen LogP contribution in [-0.2, 0) is 85.5 Å². The summed E-state index contributed by atoms with van der Waals surface area (Å²) in [5.74, 6) is -7.71. The summed E-state index contributed by atoms with van der Waals surface area (Å²) in [5, 5.41) is 56.0. The van der Waals surface area contributed by atoms with Gasteiger partial charge in [-0.15, -0.1) is 0 Å². The van der Waals surface area contributed by atoms with Gasteiger partial charge in [0.15, 0.2) is 36.0 Å². The summed E-state index contributed by atoms with van der Waals surface area (Å²) >= 11 is 0. The van der Waals surface area contributed by atoms with Crippen molar-refractivity contribution in [3.8, 4) is 0 Å². The number of aliphatic hydroxyl groups is 4. The number of hydrogen-bond donors (Lipinski definition) is 6. The molecule has 0 unspecified atom stereocenters. The number of carbonyl (C=O) groups excluding carboxylic acids is 8. The number of esters is 6. The number of hydrogen-bond acceptors (Lipinski definition) is 26. The van der Waals surface area contributed by atoms with E-state index in [1.807, 2.05) is 96.9 Å². The SMILES string of the molecule is C.C=C[C@@H]1O[C@H]2C[C@H]3OC[C@@]3(OC(C)=O)[C@H]3[C@H](OC(=O)c4ccccc4)[C@]4(O)C[C@H](OC(=O)[C@@H](O)[C@H](CC(C)C)NC(=O)OC(C)(C)C)C(C)=C([C@H](C)[C@H](O1)[C@]23C)C4(C)C.C=C[C@H]1O[C@H]2C[C@H]3OC[C@@]3(OC(C)=O)[C@H]3[C@H](OC(=O)c4ccccc4)[C@]4(O)C[C@H](OC(=O)[C@@H](O)[C@H](CC(C)C)NC(=O)OC(C)(C)C)C(C)=C([C@H](C)[C@H](O1)[C@]23C)C4(C)C. The first-order chi connectivity index (χ1) is 54.8. The van der Waals surface area contributed by atoms with Crippen LogP contribution < -0.4 is 10.6 Å². The average Bonchev–Trinajstić information content (AvgIpc) is 0.667. The van der Waals surface area contributed by atoms with E-state index in [0.717, 1.165) is 0 Å². The minimum absolute atomic E-state index is 0. The first kappa shape index (κ1) is 93.6. The maximum absolute atomic E-state index is 14.4. The van der Waals surface area contributed by atoms with Crippen LogP contribution in [0.2, 0.25) is 0 Å². The smallest absolute Gasteiger partial charge is 0.407 e. The lowest BCUT2D eigenvalue weighted by Crippen LogP contribution is -2.83. The number of aliphatic hydroxyl groups excluding tert-OH is 2. The minimum Gasteiger partial charge on any atom is -0.456 e. The van der Waals surface area contributed by atoms with Gasteiger partial charge in [0.05, 0.1) is 72.7 Å². The summed E-state index contributed by atoms with van der Waals surface area (Å²) in [6, 6.07) is 14.6. The summed E-state index contributed by atoms with van der Waals surface area (Å²) < 4.78 is 88.3. The molecule has 8 fully saturated rings. The number of rotatable bonds is 20. The fraction of sp³-hybridized carbons (Fsp3) is 0.692. The molecule has 0 radical (unpaired) electrons. The molecule has 660 valence electrons. The summed E-state index contributed by atoms with van der Waals surface area (Å²) in [6.07, 6.45) is -12.4. The van der Waals surface area contributed by atoms with Crippen molar-refractivity contribution in [2.24, 2.45) is 57.2 Å². The Labute approximate surface area is 700 Å².